The zero-order valence-corrected chi connectivity index (χ0v) is 12.5. The molecule has 0 aliphatic carbocycles. The van der Waals surface area contributed by atoms with Crippen LogP contribution in [-0.4, -0.2) is 48.9 Å². The van der Waals surface area contributed by atoms with E-state index in [2.05, 4.69) is 24.1 Å². The number of piperidine rings is 1. The van der Waals surface area contributed by atoms with Gasteiger partial charge in [0, 0.05) is 24.8 Å². The average molecular weight is 278 g/mol. The highest BCUT2D eigenvalue weighted by Crippen LogP contribution is 2.22. The molecule has 1 saturated heterocycles. The molecule has 0 bridgehead atoms. The van der Waals surface area contributed by atoms with E-state index < -0.39 is 0 Å². The number of likely N-dealkylation sites (tertiary alicyclic amines) is 1. The van der Waals surface area contributed by atoms with E-state index in [1.54, 1.807) is 0 Å². The summed E-state index contributed by atoms with van der Waals surface area (Å²) >= 11 is 0. The van der Waals surface area contributed by atoms with Gasteiger partial charge in [0.25, 0.3) is 0 Å². The summed E-state index contributed by atoms with van der Waals surface area (Å²) in [5, 5.41) is 12.4. The quantitative estimate of drug-likeness (QED) is 0.837. The van der Waals surface area contributed by atoms with Crippen LogP contribution < -0.4 is 10.1 Å². The van der Waals surface area contributed by atoms with Crippen molar-refractivity contribution in [3.63, 3.8) is 0 Å². The van der Waals surface area contributed by atoms with Crippen LogP contribution in [0.25, 0.3) is 0 Å². The molecule has 1 aliphatic heterocycles. The van der Waals surface area contributed by atoms with Crippen LogP contribution in [-0.2, 0) is 0 Å². The van der Waals surface area contributed by atoms with Gasteiger partial charge in [-0.15, -0.1) is 0 Å². The number of rotatable bonds is 6. The molecular formula is C16H26N2O2. The second kappa shape index (κ2) is 7.50. The summed E-state index contributed by atoms with van der Waals surface area (Å²) in [7, 11) is 0. The molecular weight excluding hydrogens is 252 g/mol. The Morgan fingerprint density at radius 2 is 2.10 bits per heavy atom. The number of hydrogen-bond donors (Lipinski definition) is 2. The Hall–Kier alpha value is -1.26. The molecule has 1 heterocycles. The van der Waals surface area contributed by atoms with E-state index in [1.165, 1.54) is 19.5 Å². The lowest BCUT2D eigenvalue weighted by atomic mass is 9.93. The maximum atomic E-state index is 8.73. The number of aliphatic hydroxyl groups excluding tert-OH is 1. The summed E-state index contributed by atoms with van der Waals surface area (Å²) < 4.78 is 5.37. The Morgan fingerprint density at radius 3 is 2.70 bits per heavy atom. The highest BCUT2D eigenvalue weighted by atomic mass is 16.5. The van der Waals surface area contributed by atoms with Crippen molar-refractivity contribution in [2.45, 2.75) is 26.3 Å². The van der Waals surface area contributed by atoms with Crippen molar-refractivity contribution in [1.29, 1.82) is 0 Å². The first kappa shape index (κ1) is 15.1. The van der Waals surface area contributed by atoms with Crippen LogP contribution in [0.2, 0.25) is 0 Å². The average Bonchev–Trinajstić information content (AvgIpc) is 2.48. The van der Waals surface area contributed by atoms with Crippen molar-refractivity contribution in [3.8, 4) is 5.75 Å². The highest BCUT2D eigenvalue weighted by molar-refractivity contribution is 5.47. The van der Waals surface area contributed by atoms with E-state index in [-0.39, 0.29) is 6.61 Å². The molecule has 0 aromatic heterocycles. The fourth-order valence-electron chi connectivity index (χ4n) is 2.76. The second-order valence-corrected chi connectivity index (χ2v) is 5.51. The molecule has 4 heteroatoms. The Kier molecular flexibility index (Phi) is 5.68. The van der Waals surface area contributed by atoms with Gasteiger partial charge in [0.1, 0.15) is 12.4 Å². The smallest absolute Gasteiger partial charge is 0.119 e. The summed E-state index contributed by atoms with van der Waals surface area (Å²) in [4.78, 5) is 2.51. The predicted molar refractivity (Wildman–Crippen MR) is 82.3 cm³/mol. The summed E-state index contributed by atoms with van der Waals surface area (Å²) in [6, 6.07) is 8.53. The number of hydrogen-bond acceptors (Lipinski definition) is 4. The Morgan fingerprint density at radius 1 is 1.35 bits per heavy atom. The Bertz CT molecular complexity index is 394. The van der Waals surface area contributed by atoms with Gasteiger partial charge in [0.15, 0.2) is 0 Å². The van der Waals surface area contributed by atoms with E-state index in [0.29, 0.717) is 18.6 Å². The molecule has 1 aromatic rings. The topological polar surface area (TPSA) is 44.7 Å². The molecule has 1 aromatic carbocycles. The largest absolute Gasteiger partial charge is 0.491 e. The van der Waals surface area contributed by atoms with Crippen molar-refractivity contribution in [2.24, 2.45) is 5.92 Å². The van der Waals surface area contributed by atoms with Gasteiger partial charge in [-0.05, 0) is 43.1 Å². The molecule has 2 N–H and O–H groups in total. The van der Waals surface area contributed by atoms with Gasteiger partial charge >= 0.3 is 0 Å². The fraction of sp³-hybridized carbons (Fsp3) is 0.625. The van der Waals surface area contributed by atoms with Gasteiger partial charge < -0.3 is 20.1 Å². The van der Waals surface area contributed by atoms with E-state index >= 15 is 0 Å². The third kappa shape index (κ3) is 4.12. The minimum Gasteiger partial charge on any atom is -0.491 e. The standard InChI is InChI=1S/C16H26N2O2/c1-3-18-9-8-16(13(2)12-18)17-14-4-6-15(7-5-14)20-11-10-19/h4-7,13,16-17,19H,3,8-12H2,1-2H3. The van der Waals surface area contributed by atoms with Crippen LogP contribution in [0.15, 0.2) is 24.3 Å². The monoisotopic (exact) mass is 278 g/mol. The molecule has 2 rings (SSSR count). The molecule has 0 amide bonds. The summed E-state index contributed by atoms with van der Waals surface area (Å²) in [5.74, 6) is 1.47. The molecule has 0 spiro atoms. The maximum Gasteiger partial charge on any atom is 0.119 e. The van der Waals surface area contributed by atoms with Crippen molar-refractivity contribution in [3.05, 3.63) is 24.3 Å². The summed E-state index contributed by atoms with van der Waals surface area (Å²) in [6.07, 6.45) is 1.19. The van der Waals surface area contributed by atoms with Crippen LogP contribution in [0.4, 0.5) is 5.69 Å². The molecule has 2 unspecified atom stereocenters. The van der Waals surface area contributed by atoms with Crippen LogP contribution in [0, 0.1) is 5.92 Å². The molecule has 0 radical (unpaired) electrons. The first-order chi connectivity index (χ1) is 9.72. The Balaban J connectivity index is 1.87. The third-order valence-corrected chi connectivity index (χ3v) is 4.00. The lowest BCUT2D eigenvalue weighted by Gasteiger charge is -2.37. The van der Waals surface area contributed by atoms with E-state index in [4.69, 9.17) is 9.84 Å². The highest BCUT2D eigenvalue weighted by Gasteiger charge is 2.24. The van der Waals surface area contributed by atoms with Gasteiger partial charge in [-0.3, -0.25) is 0 Å². The fourth-order valence-corrected chi connectivity index (χ4v) is 2.76. The Labute approximate surface area is 121 Å². The predicted octanol–water partition coefficient (Wildman–Crippen LogP) is 2.20. The normalized spacial score (nSPS) is 23.6. The van der Waals surface area contributed by atoms with Gasteiger partial charge in [0.2, 0.25) is 0 Å². The second-order valence-electron chi connectivity index (χ2n) is 5.51. The SMILES string of the molecule is CCN1CCC(Nc2ccc(OCCO)cc2)C(C)C1. The molecule has 0 saturated carbocycles. The minimum absolute atomic E-state index is 0.0491. The maximum absolute atomic E-state index is 8.73. The number of aliphatic hydroxyl groups is 1. The lowest BCUT2D eigenvalue weighted by molar-refractivity contribution is 0.179. The minimum atomic E-state index is 0.0491. The van der Waals surface area contributed by atoms with Crippen molar-refractivity contribution < 1.29 is 9.84 Å². The van der Waals surface area contributed by atoms with Crippen LogP contribution in [0.5, 0.6) is 5.75 Å². The zero-order valence-electron chi connectivity index (χ0n) is 12.5. The van der Waals surface area contributed by atoms with Crippen LogP contribution in [0.3, 0.4) is 0 Å². The van der Waals surface area contributed by atoms with Gasteiger partial charge in [0.05, 0.1) is 6.61 Å². The van der Waals surface area contributed by atoms with Crippen molar-refractivity contribution in [2.75, 3.05) is 38.2 Å². The number of ether oxygens (including phenoxy) is 1. The summed E-state index contributed by atoms with van der Waals surface area (Å²) in [6.45, 7) is 8.44. The lowest BCUT2D eigenvalue weighted by Crippen LogP contribution is -2.44. The van der Waals surface area contributed by atoms with E-state index in [9.17, 15) is 0 Å². The third-order valence-electron chi connectivity index (χ3n) is 4.00. The molecule has 20 heavy (non-hydrogen) atoms. The molecule has 4 nitrogen and oxygen atoms in total. The zero-order chi connectivity index (χ0) is 14.4. The number of nitrogens with one attached hydrogen (secondary N) is 1. The van der Waals surface area contributed by atoms with Crippen molar-refractivity contribution in [1.82, 2.24) is 4.90 Å². The number of benzene rings is 1. The van der Waals surface area contributed by atoms with Crippen molar-refractivity contribution >= 4 is 5.69 Å². The molecule has 1 aliphatic rings. The molecule has 1 fully saturated rings. The first-order valence-electron chi connectivity index (χ1n) is 7.55. The van der Waals surface area contributed by atoms with Crippen LogP contribution >= 0.6 is 0 Å². The van der Waals surface area contributed by atoms with E-state index in [1.807, 2.05) is 24.3 Å². The van der Waals surface area contributed by atoms with Gasteiger partial charge in [-0.2, -0.15) is 0 Å². The van der Waals surface area contributed by atoms with Gasteiger partial charge in [-0.25, -0.2) is 0 Å². The summed E-state index contributed by atoms with van der Waals surface area (Å²) in [5.41, 5.74) is 1.14. The van der Waals surface area contributed by atoms with E-state index in [0.717, 1.165) is 18.0 Å². The first-order valence-corrected chi connectivity index (χ1v) is 7.55. The number of nitrogens with zero attached hydrogens (tertiary/aromatic N) is 1. The molecule has 112 valence electrons. The van der Waals surface area contributed by atoms with Crippen LogP contribution in [0.1, 0.15) is 20.3 Å². The molecule has 2 atom stereocenters. The van der Waals surface area contributed by atoms with Gasteiger partial charge in [-0.1, -0.05) is 13.8 Å². The number of anilines is 1.